The maximum atomic E-state index is 12.8. The number of hydrogen-bond donors (Lipinski definition) is 0. The van der Waals surface area contributed by atoms with Crippen molar-refractivity contribution in [3.8, 4) is 0 Å². The van der Waals surface area contributed by atoms with Gasteiger partial charge in [-0.1, -0.05) is 42.1 Å². The molecule has 2 heterocycles. The van der Waals surface area contributed by atoms with Gasteiger partial charge in [-0.2, -0.15) is 0 Å². The smallest absolute Gasteiger partial charge is 0.240 e. The largest absolute Gasteiger partial charge is 0.348 e. The van der Waals surface area contributed by atoms with E-state index in [1.54, 1.807) is 19.0 Å². The van der Waals surface area contributed by atoms with Gasteiger partial charge < -0.3 is 9.80 Å². The molecule has 1 aromatic carbocycles. The first-order valence-corrected chi connectivity index (χ1v) is 10.2. The highest BCUT2D eigenvalue weighted by atomic mass is 32.2. The molecule has 0 radical (unpaired) electrons. The Balaban J connectivity index is 1.66. The van der Waals surface area contributed by atoms with Crippen LogP contribution in [0.3, 0.4) is 0 Å². The SMILES string of the molecule is CN(C)C(=O)C(Sc1nnc(N2CCCC2)n1C1CC1)c1ccccc1. The second-order valence-corrected chi connectivity index (χ2v) is 8.29. The molecule has 2 fully saturated rings. The summed E-state index contributed by atoms with van der Waals surface area (Å²) >= 11 is 1.52. The molecule has 1 aliphatic heterocycles. The summed E-state index contributed by atoms with van der Waals surface area (Å²) in [6.45, 7) is 2.10. The molecular formula is C19H25N5OS. The van der Waals surface area contributed by atoms with Crippen LogP contribution in [0.1, 0.15) is 42.5 Å². The monoisotopic (exact) mass is 371 g/mol. The van der Waals surface area contributed by atoms with E-state index in [4.69, 9.17) is 0 Å². The van der Waals surface area contributed by atoms with Crippen LogP contribution in [0, 0.1) is 0 Å². The van der Waals surface area contributed by atoms with Crippen molar-refractivity contribution in [1.82, 2.24) is 19.7 Å². The van der Waals surface area contributed by atoms with Crippen molar-refractivity contribution in [2.24, 2.45) is 0 Å². The predicted molar refractivity (Wildman–Crippen MR) is 103 cm³/mol. The van der Waals surface area contributed by atoms with Gasteiger partial charge in [0.2, 0.25) is 11.9 Å². The third kappa shape index (κ3) is 3.45. The van der Waals surface area contributed by atoms with Crippen LogP contribution in [0.25, 0.3) is 0 Å². The number of thioether (sulfide) groups is 1. The first-order valence-electron chi connectivity index (χ1n) is 9.28. The molecule has 7 heteroatoms. The van der Waals surface area contributed by atoms with Crippen molar-refractivity contribution in [3.05, 3.63) is 35.9 Å². The second-order valence-electron chi connectivity index (χ2n) is 7.22. The van der Waals surface area contributed by atoms with Gasteiger partial charge in [0, 0.05) is 33.2 Å². The van der Waals surface area contributed by atoms with Gasteiger partial charge in [-0.3, -0.25) is 9.36 Å². The third-order valence-electron chi connectivity index (χ3n) is 4.94. The molecule has 2 aromatic rings. The van der Waals surface area contributed by atoms with E-state index in [-0.39, 0.29) is 11.2 Å². The fourth-order valence-corrected chi connectivity index (χ4v) is 4.61. The molecule has 1 atom stereocenters. The molecule has 1 saturated heterocycles. The molecule has 138 valence electrons. The molecule has 6 nitrogen and oxygen atoms in total. The van der Waals surface area contributed by atoms with E-state index in [2.05, 4.69) is 19.7 Å². The Morgan fingerprint density at radius 1 is 1.15 bits per heavy atom. The number of rotatable bonds is 6. The Morgan fingerprint density at radius 2 is 1.85 bits per heavy atom. The molecule has 1 aliphatic carbocycles. The predicted octanol–water partition coefficient (Wildman–Crippen LogP) is 3.13. The summed E-state index contributed by atoms with van der Waals surface area (Å²) in [6, 6.07) is 10.4. The number of nitrogens with zero attached hydrogens (tertiary/aromatic N) is 5. The van der Waals surface area contributed by atoms with Crippen LogP contribution < -0.4 is 4.90 Å². The highest BCUT2D eigenvalue weighted by Crippen LogP contribution is 2.44. The van der Waals surface area contributed by atoms with Crippen molar-refractivity contribution < 1.29 is 4.79 Å². The highest BCUT2D eigenvalue weighted by Gasteiger charge is 2.34. The molecule has 0 N–H and O–H groups in total. The van der Waals surface area contributed by atoms with Crippen LogP contribution >= 0.6 is 11.8 Å². The first-order chi connectivity index (χ1) is 12.6. The minimum atomic E-state index is -0.306. The zero-order valence-electron chi connectivity index (χ0n) is 15.3. The third-order valence-corrected chi connectivity index (χ3v) is 6.14. The molecule has 1 amide bonds. The van der Waals surface area contributed by atoms with Gasteiger partial charge in [-0.15, -0.1) is 10.2 Å². The van der Waals surface area contributed by atoms with Crippen molar-refractivity contribution >= 4 is 23.6 Å². The topological polar surface area (TPSA) is 54.3 Å². The summed E-state index contributed by atoms with van der Waals surface area (Å²) in [5.41, 5.74) is 1.00. The van der Waals surface area contributed by atoms with E-state index in [1.807, 2.05) is 30.3 Å². The number of aromatic nitrogens is 3. The van der Waals surface area contributed by atoms with E-state index in [0.717, 1.165) is 29.8 Å². The molecule has 1 aromatic heterocycles. The van der Waals surface area contributed by atoms with Gasteiger partial charge >= 0.3 is 0 Å². The number of hydrogen-bond acceptors (Lipinski definition) is 5. The molecule has 0 spiro atoms. The average molecular weight is 372 g/mol. The lowest BCUT2D eigenvalue weighted by Crippen LogP contribution is -2.27. The summed E-state index contributed by atoms with van der Waals surface area (Å²) in [7, 11) is 3.61. The van der Waals surface area contributed by atoms with Crippen molar-refractivity contribution in [2.75, 3.05) is 32.1 Å². The molecule has 0 bridgehead atoms. The Bertz CT molecular complexity index is 765. The normalized spacial score (nSPS) is 18.2. The number of carbonyl (C=O) groups is 1. The van der Waals surface area contributed by atoms with Crippen molar-refractivity contribution in [2.45, 2.75) is 42.1 Å². The molecule has 2 aliphatic rings. The lowest BCUT2D eigenvalue weighted by atomic mass is 10.1. The Kier molecular flexibility index (Phi) is 4.89. The number of likely N-dealkylation sites (N-methyl/N-ethyl adjacent to an activating group) is 1. The molecule has 1 saturated carbocycles. The van der Waals surface area contributed by atoms with Crippen LogP contribution in [0.2, 0.25) is 0 Å². The standard InChI is InChI=1S/C19H25N5OS/c1-22(2)17(25)16(14-8-4-3-5-9-14)26-19-21-20-18(23-12-6-7-13-23)24(19)15-10-11-15/h3-5,8-9,15-16H,6-7,10-13H2,1-2H3. The van der Waals surface area contributed by atoms with E-state index in [9.17, 15) is 4.79 Å². The average Bonchev–Trinajstić information content (AvgIpc) is 3.18. The Morgan fingerprint density at radius 3 is 2.46 bits per heavy atom. The molecule has 1 unspecified atom stereocenters. The lowest BCUT2D eigenvalue weighted by Gasteiger charge is -2.21. The van der Waals surface area contributed by atoms with Crippen LogP contribution in [-0.2, 0) is 4.79 Å². The van der Waals surface area contributed by atoms with Crippen LogP contribution in [-0.4, -0.2) is 52.8 Å². The summed E-state index contributed by atoms with van der Waals surface area (Å²) in [4.78, 5) is 16.8. The van der Waals surface area contributed by atoms with E-state index in [1.165, 1.54) is 37.4 Å². The van der Waals surface area contributed by atoms with Gasteiger partial charge in [0.15, 0.2) is 5.16 Å². The molecule has 4 rings (SSSR count). The van der Waals surface area contributed by atoms with Crippen LogP contribution in [0.4, 0.5) is 5.95 Å². The van der Waals surface area contributed by atoms with E-state index in [0.29, 0.717) is 6.04 Å². The number of carbonyl (C=O) groups excluding carboxylic acids is 1. The number of amides is 1. The van der Waals surface area contributed by atoms with Gasteiger partial charge in [-0.05, 0) is 31.2 Å². The quantitative estimate of drug-likeness (QED) is 0.730. The molecular weight excluding hydrogens is 346 g/mol. The fourth-order valence-electron chi connectivity index (χ4n) is 3.36. The maximum Gasteiger partial charge on any atom is 0.240 e. The van der Waals surface area contributed by atoms with Gasteiger partial charge in [0.1, 0.15) is 5.25 Å². The maximum absolute atomic E-state index is 12.8. The zero-order valence-corrected chi connectivity index (χ0v) is 16.2. The molecule has 26 heavy (non-hydrogen) atoms. The first kappa shape index (κ1) is 17.4. The van der Waals surface area contributed by atoms with Crippen LogP contribution in [0.5, 0.6) is 0 Å². The summed E-state index contributed by atoms with van der Waals surface area (Å²) in [5.74, 6) is 1.06. The van der Waals surface area contributed by atoms with Gasteiger partial charge in [-0.25, -0.2) is 0 Å². The number of anilines is 1. The zero-order chi connectivity index (χ0) is 18.1. The van der Waals surface area contributed by atoms with E-state index >= 15 is 0 Å². The Hall–Kier alpha value is -2.02. The minimum absolute atomic E-state index is 0.0780. The summed E-state index contributed by atoms with van der Waals surface area (Å²) in [5, 5.41) is 9.55. The minimum Gasteiger partial charge on any atom is -0.348 e. The number of benzene rings is 1. The highest BCUT2D eigenvalue weighted by molar-refractivity contribution is 8.00. The Labute approximate surface area is 158 Å². The van der Waals surface area contributed by atoms with Crippen molar-refractivity contribution in [1.29, 1.82) is 0 Å². The second kappa shape index (κ2) is 7.31. The van der Waals surface area contributed by atoms with Crippen LogP contribution in [0.15, 0.2) is 35.5 Å². The lowest BCUT2D eigenvalue weighted by molar-refractivity contribution is -0.128. The van der Waals surface area contributed by atoms with Gasteiger partial charge in [0.25, 0.3) is 0 Å². The van der Waals surface area contributed by atoms with E-state index < -0.39 is 0 Å². The summed E-state index contributed by atoms with van der Waals surface area (Å²) < 4.78 is 2.27. The van der Waals surface area contributed by atoms with Crippen molar-refractivity contribution in [3.63, 3.8) is 0 Å². The summed E-state index contributed by atoms with van der Waals surface area (Å²) in [6.07, 6.45) is 4.77. The van der Waals surface area contributed by atoms with Gasteiger partial charge in [0.05, 0.1) is 0 Å². The fraction of sp³-hybridized carbons (Fsp3) is 0.526.